The van der Waals surface area contributed by atoms with E-state index in [0.717, 1.165) is 18.6 Å². The number of nitrogens with zero attached hydrogens (tertiary/aromatic N) is 1. The van der Waals surface area contributed by atoms with Crippen LogP contribution >= 0.6 is 11.8 Å². The van der Waals surface area contributed by atoms with Gasteiger partial charge in [-0.1, -0.05) is 6.92 Å². The lowest BCUT2D eigenvalue weighted by molar-refractivity contribution is 0.134. The van der Waals surface area contributed by atoms with Crippen molar-refractivity contribution in [2.24, 2.45) is 5.73 Å². The van der Waals surface area contributed by atoms with Gasteiger partial charge in [-0.3, -0.25) is 4.90 Å². The maximum absolute atomic E-state index is 5.92. The molecule has 1 aliphatic rings. The predicted molar refractivity (Wildman–Crippen MR) is 70.5 cm³/mol. The summed E-state index contributed by atoms with van der Waals surface area (Å²) < 4.78 is 0. The van der Waals surface area contributed by atoms with Gasteiger partial charge in [-0.15, -0.1) is 0 Å². The molecule has 1 heterocycles. The molecule has 0 radical (unpaired) electrons. The fourth-order valence-electron chi connectivity index (χ4n) is 2.81. The zero-order valence-electron chi connectivity index (χ0n) is 10.4. The van der Waals surface area contributed by atoms with Crippen molar-refractivity contribution >= 4 is 11.8 Å². The van der Waals surface area contributed by atoms with Gasteiger partial charge in [-0.2, -0.15) is 11.8 Å². The minimum atomic E-state index is 0.611. The van der Waals surface area contributed by atoms with Crippen molar-refractivity contribution in [2.75, 3.05) is 18.6 Å². The maximum atomic E-state index is 5.92. The Morgan fingerprint density at radius 2 is 2.20 bits per heavy atom. The quantitative estimate of drug-likeness (QED) is 0.759. The van der Waals surface area contributed by atoms with Crippen molar-refractivity contribution in [3.8, 4) is 0 Å². The average molecular weight is 230 g/mol. The van der Waals surface area contributed by atoms with Crippen LogP contribution in [0.4, 0.5) is 0 Å². The topological polar surface area (TPSA) is 29.3 Å². The third-order valence-corrected chi connectivity index (χ3v) is 4.31. The Morgan fingerprint density at radius 1 is 1.47 bits per heavy atom. The summed E-state index contributed by atoms with van der Waals surface area (Å²) >= 11 is 1.93. The number of nitrogens with two attached hydrogens (primary N) is 1. The van der Waals surface area contributed by atoms with Crippen molar-refractivity contribution < 1.29 is 0 Å². The van der Waals surface area contributed by atoms with Gasteiger partial charge in [0.1, 0.15) is 0 Å². The fourth-order valence-corrected chi connectivity index (χ4v) is 3.31. The molecule has 0 aromatic heterocycles. The van der Waals surface area contributed by atoms with Crippen LogP contribution in [0.3, 0.4) is 0 Å². The molecule has 1 fully saturated rings. The van der Waals surface area contributed by atoms with Crippen LogP contribution in [0, 0.1) is 0 Å². The predicted octanol–water partition coefficient (Wildman–Crippen LogP) is 2.33. The number of thioether (sulfide) groups is 1. The standard InChI is InChI=1S/C12H26N2S/c1-4-11-6-5-10(2)14(11)12(9-13)7-8-15-3/h10-12H,4-9,13H2,1-3H3. The third-order valence-electron chi connectivity index (χ3n) is 3.67. The second-order valence-electron chi connectivity index (χ2n) is 4.61. The SMILES string of the molecule is CCC1CCC(C)N1C(CN)CCSC. The number of hydrogen-bond acceptors (Lipinski definition) is 3. The van der Waals surface area contributed by atoms with Crippen molar-refractivity contribution in [2.45, 2.75) is 57.7 Å². The van der Waals surface area contributed by atoms with Gasteiger partial charge in [0.2, 0.25) is 0 Å². The Bertz CT molecular complexity index is 175. The van der Waals surface area contributed by atoms with Crippen LogP contribution in [-0.2, 0) is 0 Å². The molecule has 90 valence electrons. The highest BCUT2D eigenvalue weighted by Crippen LogP contribution is 2.29. The number of rotatable bonds is 6. The molecule has 2 N–H and O–H groups in total. The zero-order valence-corrected chi connectivity index (χ0v) is 11.2. The first-order valence-corrected chi connectivity index (χ1v) is 7.60. The minimum absolute atomic E-state index is 0.611. The average Bonchev–Trinajstić information content (AvgIpc) is 2.62. The van der Waals surface area contributed by atoms with E-state index in [0.29, 0.717) is 6.04 Å². The molecule has 3 heteroatoms. The molecule has 0 saturated carbocycles. The molecule has 0 aromatic carbocycles. The van der Waals surface area contributed by atoms with Gasteiger partial charge in [0.15, 0.2) is 0 Å². The van der Waals surface area contributed by atoms with E-state index in [-0.39, 0.29) is 0 Å². The van der Waals surface area contributed by atoms with Crippen LogP contribution in [0.1, 0.15) is 39.5 Å². The van der Waals surface area contributed by atoms with Gasteiger partial charge in [0.05, 0.1) is 0 Å². The van der Waals surface area contributed by atoms with Crippen LogP contribution in [0.25, 0.3) is 0 Å². The first-order valence-electron chi connectivity index (χ1n) is 6.21. The molecule has 1 rings (SSSR count). The Kier molecular flexibility index (Phi) is 6.02. The van der Waals surface area contributed by atoms with E-state index >= 15 is 0 Å². The van der Waals surface area contributed by atoms with Crippen LogP contribution in [0.2, 0.25) is 0 Å². The first kappa shape index (κ1) is 13.3. The summed E-state index contributed by atoms with van der Waals surface area (Å²) in [5, 5.41) is 0. The molecular formula is C12H26N2S. The molecule has 0 spiro atoms. The molecule has 15 heavy (non-hydrogen) atoms. The summed E-state index contributed by atoms with van der Waals surface area (Å²) in [6.45, 7) is 5.48. The molecule has 0 amide bonds. The van der Waals surface area contributed by atoms with Crippen molar-refractivity contribution in [3.63, 3.8) is 0 Å². The fraction of sp³-hybridized carbons (Fsp3) is 1.00. The summed E-state index contributed by atoms with van der Waals surface area (Å²) in [6, 6.07) is 2.14. The van der Waals surface area contributed by atoms with Gasteiger partial charge in [-0.05, 0) is 44.6 Å². The van der Waals surface area contributed by atoms with E-state index < -0.39 is 0 Å². The van der Waals surface area contributed by atoms with Gasteiger partial charge in [-0.25, -0.2) is 0 Å². The molecule has 0 aromatic rings. The first-order chi connectivity index (χ1) is 7.24. The molecule has 3 atom stereocenters. The molecule has 0 bridgehead atoms. The number of hydrogen-bond donors (Lipinski definition) is 1. The lowest BCUT2D eigenvalue weighted by Crippen LogP contribution is -2.47. The van der Waals surface area contributed by atoms with Crippen LogP contribution in [0.5, 0.6) is 0 Å². The zero-order chi connectivity index (χ0) is 11.3. The monoisotopic (exact) mass is 230 g/mol. The van der Waals surface area contributed by atoms with Crippen molar-refractivity contribution in [1.29, 1.82) is 0 Å². The Hall–Kier alpha value is 0.270. The van der Waals surface area contributed by atoms with Gasteiger partial charge >= 0.3 is 0 Å². The molecule has 0 aliphatic carbocycles. The second kappa shape index (κ2) is 6.77. The summed E-state index contributed by atoms with van der Waals surface area (Å²) in [6.07, 6.45) is 7.43. The molecule has 2 nitrogen and oxygen atoms in total. The van der Waals surface area contributed by atoms with Crippen molar-refractivity contribution in [3.05, 3.63) is 0 Å². The Morgan fingerprint density at radius 3 is 2.73 bits per heavy atom. The Labute approximate surface area is 99.0 Å². The second-order valence-corrected chi connectivity index (χ2v) is 5.59. The lowest BCUT2D eigenvalue weighted by Gasteiger charge is -2.35. The highest BCUT2D eigenvalue weighted by atomic mass is 32.2. The highest BCUT2D eigenvalue weighted by Gasteiger charge is 2.33. The van der Waals surface area contributed by atoms with Crippen molar-refractivity contribution in [1.82, 2.24) is 4.90 Å². The summed E-state index contributed by atoms with van der Waals surface area (Å²) in [7, 11) is 0. The smallest absolute Gasteiger partial charge is 0.0232 e. The molecular weight excluding hydrogens is 204 g/mol. The van der Waals surface area contributed by atoms with E-state index in [9.17, 15) is 0 Å². The van der Waals surface area contributed by atoms with Crippen LogP contribution in [-0.4, -0.2) is 41.6 Å². The van der Waals surface area contributed by atoms with Crippen LogP contribution in [0.15, 0.2) is 0 Å². The Balaban J connectivity index is 2.55. The van der Waals surface area contributed by atoms with Gasteiger partial charge in [0.25, 0.3) is 0 Å². The van der Waals surface area contributed by atoms with Gasteiger partial charge < -0.3 is 5.73 Å². The highest BCUT2D eigenvalue weighted by molar-refractivity contribution is 7.98. The summed E-state index contributed by atoms with van der Waals surface area (Å²) in [4.78, 5) is 2.69. The third kappa shape index (κ3) is 3.36. The lowest BCUT2D eigenvalue weighted by atomic mass is 10.1. The largest absolute Gasteiger partial charge is 0.329 e. The molecule has 3 unspecified atom stereocenters. The normalized spacial score (nSPS) is 29.6. The number of likely N-dealkylation sites (tertiary alicyclic amines) is 1. The minimum Gasteiger partial charge on any atom is -0.329 e. The van der Waals surface area contributed by atoms with E-state index in [4.69, 9.17) is 5.73 Å². The maximum Gasteiger partial charge on any atom is 0.0232 e. The summed E-state index contributed by atoms with van der Waals surface area (Å²) in [5.74, 6) is 1.24. The van der Waals surface area contributed by atoms with E-state index in [1.54, 1.807) is 0 Å². The van der Waals surface area contributed by atoms with Crippen LogP contribution < -0.4 is 5.73 Å². The summed E-state index contributed by atoms with van der Waals surface area (Å²) in [5.41, 5.74) is 5.92. The van der Waals surface area contributed by atoms with E-state index in [2.05, 4.69) is 25.0 Å². The van der Waals surface area contributed by atoms with E-state index in [1.165, 1.54) is 31.4 Å². The van der Waals surface area contributed by atoms with Gasteiger partial charge in [0, 0.05) is 24.7 Å². The molecule has 1 saturated heterocycles. The molecule has 1 aliphatic heterocycles. The van der Waals surface area contributed by atoms with E-state index in [1.807, 2.05) is 11.8 Å².